The molecule has 3 nitrogen and oxygen atoms in total. The predicted molar refractivity (Wildman–Crippen MR) is 124 cm³/mol. The maximum absolute atomic E-state index is 13.4. The number of para-hydroxylation sites is 1. The topological polar surface area (TPSA) is 44.9 Å². The molecule has 1 amide bonds. The normalized spacial score (nSPS) is 12.6. The standard InChI is InChI=1S/C27H24F4N2O/c1-2-18-5-4-8-22-24(16-33-26(18)22)23(19-6-3-7-20(13-19)27(29,30)31)14-25(34)32-15-17-9-11-21(28)12-10-17/h3-13,16,23,33H,2,14-15H2,1H3,(H,32,34). The Hall–Kier alpha value is -3.61. The molecule has 4 rings (SSSR count). The maximum Gasteiger partial charge on any atom is 0.416 e. The molecule has 0 saturated carbocycles. The van der Waals surface area contributed by atoms with E-state index < -0.39 is 17.7 Å². The molecule has 0 bridgehead atoms. The number of rotatable bonds is 7. The summed E-state index contributed by atoms with van der Waals surface area (Å²) < 4.78 is 53.4. The molecule has 0 radical (unpaired) electrons. The first-order valence-electron chi connectivity index (χ1n) is 11.0. The third-order valence-electron chi connectivity index (χ3n) is 6.00. The van der Waals surface area contributed by atoms with Crippen LogP contribution in [0.5, 0.6) is 0 Å². The maximum atomic E-state index is 13.4. The molecule has 1 unspecified atom stereocenters. The first-order valence-corrected chi connectivity index (χ1v) is 11.0. The Bertz CT molecular complexity index is 1290. The third-order valence-corrected chi connectivity index (χ3v) is 6.00. The number of hydrogen-bond acceptors (Lipinski definition) is 1. The number of H-pyrrole nitrogens is 1. The largest absolute Gasteiger partial charge is 0.416 e. The van der Waals surface area contributed by atoms with E-state index in [1.54, 1.807) is 24.4 Å². The van der Waals surface area contributed by atoms with E-state index in [4.69, 9.17) is 0 Å². The lowest BCUT2D eigenvalue weighted by Crippen LogP contribution is -2.25. The van der Waals surface area contributed by atoms with Crippen molar-refractivity contribution in [2.24, 2.45) is 0 Å². The Morgan fingerprint density at radius 1 is 1.03 bits per heavy atom. The first kappa shape index (κ1) is 23.5. The Balaban J connectivity index is 1.68. The quantitative estimate of drug-likeness (QED) is 0.290. The molecule has 4 aromatic rings. The van der Waals surface area contributed by atoms with Crippen LogP contribution in [0.25, 0.3) is 10.9 Å². The fourth-order valence-electron chi connectivity index (χ4n) is 4.22. The summed E-state index contributed by atoms with van der Waals surface area (Å²) in [6.07, 6.45) is -1.95. The fourth-order valence-corrected chi connectivity index (χ4v) is 4.22. The lowest BCUT2D eigenvalue weighted by molar-refractivity contribution is -0.137. The molecule has 0 saturated heterocycles. The van der Waals surface area contributed by atoms with E-state index in [9.17, 15) is 22.4 Å². The minimum atomic E-state index is -4.49. The average molecular weight is 468 g/mol. The van der Waals surface area contributed by atoms with Crippen molar-refractivity contribution in [2.75, 3.05) is 0 Å². The molecular formula is C27H24F4N2O. The van der Waals surface area contributed by atoms with Crippen molar-refractivity contribution in [1.82, 2.24) is 10.3 Å². The van der Waals surface area contributed by atoms with Crippen LogP contribution in [0.3, 0.4) is 0 Å². The number of halogens is 4. The van der Waals surface area contributed by atoms with Crippen LogP contribution < -0.4 is 5.32 Å². The van der Waals surface area contributed by atoms with Crippen molar-refractivity contribution in [2.45, 2.75) is 38.4 Å². The van der Waals surface area contributed by atoms with E-state index in [2.05, 4.69) is 10.3 Å². The second-order valence-corrected chi connectivity index (χ2v) is 8.22. The lowest BCUT2D eigenvalue weighted by Gasteiger charge is -2.19. The van der Waals surface area contributed by atoms with Crippen molar-refractivity contribution in [3.05, 3.63) is 107 Å². The minimum absolute atomic E-state index is 0.0359. The lowest BCUT2D eigenvalue weighted by atomic mass is 9.86. The van der Waals surface area contributed by atoms with Gasteiger partial charge in [-0.1, -0.05) is 55.5 Å². The van der Waals surface area contributed by atoms with Gasteiger partial charge in [-0.25, -0.2) is 4.39 Å². The highest BCUT2D eigenvalue weighted by Gasteiger charge is 2.32. The minimum Gasteiger partial charge on any atom is -0.361 e. The van der Waals surface area contributed by atoms with Gasteiger partial charge < -0.3 is 10.3 Å². The first-order chi connectivity index (χ1) is 16.3. The highest BCUT2D eigenvalue weighted by Crippen LogP contribution is 2.37. The number of carbonyl (C=O) groups excluding carboxylic acids is 1. The van der Waals surface area contributed by atoms with Gasteiger partial charge in [-0.15, -0.1) is 0 Å². The summed E-state index contributed by atoms with van der Waals surface area (Å²) in [7, 11) is 0. The third kappa shape index (κ3) is 5.14. The van der Waals surface area contributed by atoms with Gasteiger partial charge in [-0.2, -0.15) is 13.2 Å². The second-order valence-electron chi connectivity index (χ2n) is 8.22. The van der Waals surface area contributed by atoms with Gasteiger partial charge in [-0.3, -0.25) is 4.79 Å². The average Bonchev–Trinajstić information content (AvgIpc) is 3.26. The van der Waals surface area contributed by atoms with Crippen LogP contribution in [0.15, 0.2) is 72.9 Å². The molecule has 0 fully saturated rings. The summed E-state index contributed by atoms with van der Waals surface area (Å²) in [5, 5.41) is 3.68. The zero-order valence-electron chi connectivity index (χ0n) is 18.5. The van der Waals surface area contributed by atoms with Crippen molar-refractivity contribution < 1.29 is 22.4 Å². The number of benzene rings is 3. The molecule has 0 aliphatic heterocycles. The smallest absolute Gasteiger partial charge is 0.361 e. The van der Waals surface area contributed by atoms with Crippen molar-refractivity contribution >= 4 is 16.8 Å². The molecule has 0 spiro atoms. The number of nitrogens with one attached hydrogen (secondary N) is 2. The SMILES string of the molecule is CCc1cccc2c(C(CC(=O)NCc3ccc(F)cc3)c3cccc(C(F)(F)F)c3)c[nH]c12. The highest BCUT2D eigenvalue weighted by atomic mass is 19.4. The molecule has 34 heavy (non-hydrogen) atoms. The van der Waals surface area contributed by atoms with E-state index >= 15 is 0 Å². The van der Waals surface area contributed by atoms with Gasteiger partial charge in [0.05, 0.1) is 5.56 Å². The van der Waals surface area contributed by atoms with E-state index in [-0.39, 0.29) is 24.7 Å². The molecule has 2 N–H and O–H groups in total. The molecular weight excluding hydrogens is 444 g/mol. The van der Waals surface area contributed by atoms with E-state index in [0.29, 0.717) is 5.56 Å². The van der Waals surface area contributed by atoms with Gasteiger partial charge in [0.15, 0.2) is 0 Å². The molecule has 176 valence electrons. The van der Waals surface area contributed by atoms with E-state index in [0.717, 1.165) is 46.1 Å². The van der Waals surface area contributed by atoms with E-state index in [1.807, 2.05) is 25.1 Å². The number of amides is 1. The van der Waals surface area contributed by atoms with Gasteiger partial charge in [0, 0.05) is 36.0 Å². The summed E-state index contributed by atoms with van der Waals surface area (Å²) in [6.45, 7) is 2.23. The van der Waals surface area contributed by atoms with Crippen LogP contribution in [-0.2, 0) is 23.9 Å². The molecule has 7 heteroatoms. The molecule has 0 aliphatic rings. The summed E-state index contributed by atoms with van der Waals surface area (Å²) in [5.41, 5.74) is 3.16. The Labute approximate surface area is 194 Å². The number of hydrogen-bond donors (Lipinski definition) is 2. The summed E-state index contributed by atoms with van der Waals surface area (Å²) in [6, 6.07) is 16.7. The molecule has 0 aliphatic carbocycles. The number of carbonyl (C=O) groups is 1. The number of aromatic nitrogens is 1. The van der Waals surface area contributed by atoms with Gasteiger partial charge in [0.1, 0.15) is 5.82 Å². The van der Waals surface area contributed by atoms with Crippen LogP contribution in [0, 0.1) is 5.82 Å². The highest BCUT2D eigenvalue weighted by molar-refractivity contribution is 5.88. The zero-order chi connectivity index (χ0) is 24.3. The van der Waals surface area contributed by atoms with Crippen LogP contribution in [0.4, 0.5) is 17.6 Å². The van der Waals surface area contributed by atoms with Crippen LogP contribution in [0.2, 0.25) is 0 Å². The summed E-state index contributed by atoms with van der Waals surface area (Å²) >= 11 is 0. The van der Waals surface area contributed by atoms with Gasteiger partial charge >= 0.3 is 6.18 Å². The molecule has 1 aromatic heterocycles. The number of aryl methyl sites for hydroxylation is 1. The van der Waals surface area contributed by atoms with Crippen LogP contribution >= 0.6 is 0 Å². The molecule has 1 atom stereocenters. The van der Waals surface area contributed by atoms with E-state index in [1.165, 1.54) is 18.2 Å². The number of alkyl halides is 3. The van der Waals surface area contributed by atoms with Crippen molar-refractivity contribution in [3.8, 4) is 0 Å². The Morgan fingerprint density at radius 2 is 1.76 bits per heavy atom. The monoisotopic (exact) mass is 468 g/mol. The zero-order valence-corrected chi connectivity index (χ0v) is 18.5. The van der Waals surface area contributed by atoms with Gasteiger partial charge in [0.25, 0.3) is 0 Å². The second kappa shape index (κ2) is 9.71. The Kier molecular flexibility index (Phi) is 6.72. The van der Waals surface area contributed by atoms with Gasteiger partial charge in [-0.05, 0) is 46.9 Å². The number of fused-ring (bicyclic) bond motifs is 1. The van der Waals surface area contributed by atoms with Crippen molar-refractivity contribution in [3.63, 3.8) is 0 Å². The molecule has 1 heterocycles. The fraction of sp³-hybridized carbons (Fsp3) is 0.222. The summed E-state index contributed by atoms with van der Waals surface area (Å²) in [4.78, 5) is 16.1. The molecule has 3 aromatic carbocycles. The number of aromatic amines is 1. The van der Waals surface area contributed by atoms with Crippen LogP contribution in [-0.4, -0.2) is 10.9 Å². The van der Waals surface area contributed by atoms with Crippen molar-refractivity contribution in [1.29, 1.82) is 0 Å². The van der Waals surface area contributed by atoms with Crippen LogP contribution in [0.1, 0.15) is 47.1 Å². The van der Waals surface area contributed by atoms with Gasteiger partial charge in [0.2, 0.25) is 5.91 Å². The Morgan fingerprint density at radius 3 is 2.47 bits per heavy atom. The predicted octanol–water partition coefficient (Wildman–Crippen LogP) is 6.73. The summed E-state index contributed by atoms with van der Waals surface area (Å²) in [5.74, 6) is -1.27.